The Kier molecular flexibility index (Phi) is 3.91. The van der Waals surface area contributed by atoms with Gasteiger partial charge in [-0.3, -0.25) is 0 Å². The summed E-state index contributed by atoms with van der Waals surface area (Å²) in [4.78, 5) is 10.6. The van der Waals surface area contributed by atoms with Gasteiger partial charge in [-0.05, 0) is 41.1 Å². The van der Waals surface area contributed by atoms with Crippen molar-refractivity contribution >= 4 is 44.5 Å². The second kappa shape index (κ2) is 4.59. The van der Waals surface area contributed by atoms with Gasteiger partial charge in [0, 0.05) is 13.6 Å². The number of aliphatic hydroxyl groups is 1. The van der Waals surface area contributed by atoms with Crippen LogP contribution >= 0.6 is 38.5 Å². The smallest absolute Gasteiger partial charge is 0.337 e. The van der Waals surface area contributed by atoms with Crippen molar-refractivity contribution in [2.75, 3.05) is 0 Å². The first-order valence-electron chi connectivity index (χ1n) is 3.80. The number of aliphatic hydroxyl groups excluding tert-OH is 1. The van der Waals surface area contributed by atoms with Gasteiger partial charge in [0.1, 0.15) is 0 Å². The molecular weight excluding hydrogens is 363 g/mol. The molecule has 0 aromatic heterocycles. The van der Waals surface area contributed by atoms with Crippen molar-refractivity contribution in [3.8, 4) is 0 Å². The fourth-order valence-electron chi connectivity index (χ4n) is 1.03. The van der Waals surface area contributed by atoms with Gasteiger partial charge < -0.3 is 10.2 Å². The molecule has 1 aromatic rings. The van der Waals surface area contributed by atoms with Crippen LogP contribution in [0.1, 0.15) is 17.2 Å². The van der Waals surface area contributed by atoms with Gasteiger partial charge in [0.05, 0.1) is 0 Å². The second-order valence-corrected chi connectivity index (χ2v) is 4.77. The molecule has 5 heteroatoms. The van der Waals surface area contributed by atoms with Gasteiger partial charge in [-0.15, -0.1) is 0 Å². The fraction of sp³-hybridized carbons (Fsp3) is 0.222. The van der Waals surface area contributed by atoms with Crippen LogP contribution in [0, 0.1) is 10.5 Å². The number of hydrogen-bond donors (Lipinski definition) is 2. The van der Waals surface area contributed by atoms with Gasteiger partial charge in [0.2, 0.25) is 0 Å². The van der Waals surface area contributed by atoms with Crippen LogP contribution in [0.15, 0.2) is 16.6 Å². The molecule has 2 N–H and O–H groups in total. The normalized spacial score (nSPS) is 12.6. The Hall–Kier alpha value is -0.140. The summed E-state index contributed by atoms with van der Waals surface area (Å²) in [6.45, 7) is 1.87. The number of carboxylic acid groups (broad SMARTS) is 1. The molecule has 0 spiro atoms. The number of carboxylic acids is 1. The molecule has 0 bridgehead atoms. The first-order chi connectivity index (χ1) is 6.45. The maximum atomic E-state index is 10.6. The molecule has 1 rings (SSSR count). The average Bonchev–Trinajstić information content (AvgIpc) is 2.13. The van der Waals surface area contributed by atoms with E-state index in [0.717, 1.165) is 9.13 Å². The predicted molar refractivity (Wildman–Crippen MR) is 64.2 cm³/mol. The maximum absolute atomic E-state index is 10.6. The summed E-state index contributed by atoms with van der Waals surface area (Å²) >= 11 is 5.42. The lowest BCUT2D eigenvalue weighted by Crippen LogP contribution is -2.11. The first kappa shape index (κ1) is 11.9. The van der Waals surface area contributed by atoms with Crippen LogP contribution in [0.5, 0.6) is 0 Å². The van der Waals surface area contributed by atoms with Crippen LogP contribution in [0.25, 0.3) is 0 Å². The molecule has 1 atom stereocenters. The average molecular weight is 371 g/mol. The predicted octanol–water partition coefficient (Wildman–Crippen LogP) is 2.48. The molecule has 1 aromatic carbocycles. The summed E-state index contributed by atoms with van der Waals surface area (Å²) in [6.07, 6.45) is -1.47. The zero-order chi connectivity index (χ0) is 10.9. The molecule has 0 aliphatic rings. The lowest BCUT2D eigenvalue weighted by Gasteiger charge is -2.11. The van der Waals surface area contributed by atoms with Crippen LogP contribution in [0.4, 0.5) is 0 Å². The number of halogens is 2. The molecule has 1 unspecified atom stereocenters. The fourth-order valence-corrected chi connectivity index (χ4v) is 2.41. The lowest BCUT2D eigenvalue weighted by atomic mass is 10.1. The van der Waals surface area contributed by atoms with E-state index in [4.69, 9.17) is 5.11 Å². The van der Waals surface area contributed by atoms with Crippen molar-refractivity contribution in [3.05, 3.63) is 31.3 Å². The van der Waals surface area contributed by atoms with Gasteiger partial charge in [-0.1, -0.05) is 22.0 Å². The van der Waals surface area contributed by atoms with Crippen LogP contribution in [-0.4, -0.2) is 16.2 Å². The quantitative estimate of drug-likeness (QED) is 0.786. The van der Waals surface area contributed by atoms with E-state index in [1.807, 2.05) is 6.92 Å². The highest BCUT2D eigenvalue weighted by Crippen LogP contribution is 2.29. The number of benzene rings is 1. The second-order valence-electron chi connectivity index (χ2n) is 2.82. The molecule has 0 aliphatic carbocycles. The molecular formula is C9H8BrIO3. The van der Waals surface area contributed by atoms with Crippen LogP contribution in [-0.2, 0) is 4.79 Å². The van der Waals surface area contributed by atoms with E-state index in [9.17, 15) is 9.90 Å². The lowest BCUT2D eigenvalue weighted by molar-refractivity contribution is -0.147. The number of aliphatic carboxylic acids is 1. The third-order valence-corrected chi connectivity index (χ3v) is 4.10. The van der Waals surface area contributed by atoms with Gasteiger partial charge in [0.15, 0.2) is 6.10 Å². The molecule has 3 nitrogen and oxygen atoms in total. The maximum Gasteiger partial charge on any atom is 0.337 e. The Bertz CT molecular complexity index is 379. The Labute approximate surface area is 103 Å². The number of rotatable bonds is 2. The first-order valence-corrected chi connectivity index (χ1v) is 5.67. The molecule has 0 fully saturated rings. The minimum Gasteiger partial charge on any atom is -0.479 e. The highest BCUT2D eigenvalue weighted by Gasteiger charge is 2.20. The third kappa shape index (κ3) is 2.26. The summed E-state index contributed by atoms with van der Waals surface area (Å²) in [5, 5.41) is 18.0. The van der Waals surface area contributed by atoms with Gasteiger partial charge >= 0.3 is 5.97 Å². The summed E-state index contributed by atoms with van der Waals surface area (Å²) in [5.41, 5.74) is 1.32. The standard InChI is InChI=1S/C9H8BrIO3/c1-4-6(11)3-2-5(7(4)10)8(12)9(13)14/h2-3,8,12H,1H3,(H,13,14). The van der Waals surface area contributed by atoms with Crippen LogP contribution < -0.4 is 0 Å². The third-order valence-electron chi connectivity index (χ3n) is 1.88. The number of carbonyl (C=O) groups is 1. The van der Waals surface area contributed by atoms with Gasteiger partial charge in [0.25, 0.3) is 0 Å². The van der Waals surface area contributed by atoms with E-state index in [2.05, 4.69) is 38.5 Å². The van der Waals surface area contributed by atoms with E-state index >= 15 is 0 Å². The molecule has 14 heavy (non-hydrogen) atoms. The van der Waals surface area contributed by atoms with E-state index < -0.39 is 12.1 Å². The number of hydrogen-bond acceptors (Lipinski definition) is 2. The molecule has 0 radical (unpaired) electrons. The van der Waals surface area contributed by atoms with E-state index in [1.54, 1.807) is 12.1 Å². The van der Waals surface area contributed by atoms with Crippen molar-refractivity contribution in [1.29, 1.82) is 0 Å². The minimum atomic E-state index is -1.47. The SMILES string of the molecule is Cc1c(I)ccc(C(O)C(=O)O)c1Br. The Morgan fingerprint density at radius 2 is 2.14 bits per heavy atom. The molecule has 76 valence electrons. The summed E-state index contributed by atoms with van der Waals surface area (Å²) in [6, 6.07) is 3.39. The van der Waals surface area contributed by atoms with E-state index in [1.165, 1.54) is 0 Å². The zero-order valence-corrected chi connectivity index (χ0v) is 11.0. The molecule has 0 amide bonds. The van der Waals surface area contributed by atoms with Crippen molar-refractivity contribution in [1.82, 2.24) is 0 Å². The zero-order valence-electron chi connectivity index (χ0n) is 7.29. The Balaban J connectivity index is 3.24. The van der Waals surface area contributed by atoms with Crippen molar-refractivity contribution in [2.45, 2.75) is 13.0 Å². The van der Waals surface area contributed by atoms with E-state index in [-0.39, 0.29) is 0 Å². The molecule has 0 saturated carbocycles. The summed E-state index contributed by atoms with van der Waals surface area (Å²) in [5.74, 6) is -1.24. The topological polar surface area (TPSA) is 57.5 Å². The molecule has 0 aliphatic heterocycles. The van der Waals surface area contributed by atoms with Crippen molar-refractivity contribution in [3.63, 3.8) is 0 Å². The summed E-state index contributed by atoms with van der Waals surface area (Å²) < 4.78 is 1.68. The largest absolute Gasteiger partial charge is 0.479 e. The highest BCUT2D eigenvalue weighted by atomic mass is 127. The highest BCUT2D eigenvalue weighted by molar-refractivity contribution is 14.1. The monoisotopic (exact) mass is 370 g/mol. The summed E-state index contributed by atoms with van der Waals surface area (Å²) in [7, 11) is 0. The Morgan fingerprint density at radius 1 is 1.57 bits per heavy atom. The van der Waals surface area contributed by atoms with Gasteiger partial charge in [-0.2, -0.15) is 0 Å². The van der Waals surface area contributed by atoms with Gasteiger partial charge in [-0.25, -0.2) is 4.79 Å². The minimum absolute atomic E-state index is 0.385. The molecule has 0 heterocycles. The van der Waals surface area contributed by atoms with Crippen molar-refractivity contribution in [2.24, 2.45) is 0 Å². The van der Waals surface area contributed by atoms with Crippen molar-refractivity contribution < 1.29 is 15.0 Å². The molecule has 0 saturated heterocycles. The van der Waals surface area contributed by atoms with Crippen LogP contribution in [0.2, 0.25) is 0 Å². The van der Waals surface area contributed by atoms with E-state index in [0.29, 0.717) is 10.0 Å². The Morgan fingerprint density at radius 3 is 2.64 bits per heavy atom. The van der Waals surface area contributed by atoms with Crippen LogP contribution in [0.3, 0.4) is 0 Å².